The molecule has 2 unspecified atom stereocenters. The lowest BCUT2D eigenvalue weighted by atomic mass is 9.69. The molecule has 2 rings (SSSR count). The molecular formula is C12H24N2. The number of nitrogens with zero attached hydrogens (tertiary/aromatic N) is 1. The second kappa shape index (κ2) is 4.19. The molecule has 0 aromatic heterocycles. The molecular weight excluding hydrogens is 172 g/mol. The first-order valence-electron chi connectivity index (χ1n) is 6.06. The highest BCUT2D eigenvalue weighted by Crippen LogP contribution is 2.38. The van der Waals surface area contributed by atoms with E-state index in [1.165, 1.54) is 32.4 Å². The molecule has 2 nitrogen and oxygen atoms in total. The van der Waals surface area contributed by atoms with E-state index in [0.29, 0.717) is 0 Å². The van der Waals surface area contributed by atoms with Gasteiger partial charge in [0.15, 0.2) is 0 Å². The average molecular weight is 196 g/mol. The van der Waals surface area contributed by atoms with Gasteiger partial charge in [0, 0.05) is 12.6 Å². The Labute approximate surface area is 88.1 Å². The first kappa shape index (κ1) is 10.4. The van der Waals surface area contributed by atoms with E-state index in [4.69, 9.17) is 0 Å². The lowest BCUT2D eigenvalue weighted by Gasteiger charge is -2.45. The fourth-order valence-electron chi connectivity index (χ4n) is 3.44. The summed E-state index contributed by atoms with van der Waals surface area (Å²) in [6.07, 6.45) is 4.27. The first-order chi connectivity index (χ1) is 6.70. The minimum atomic E-state index is 0.777. The molecule has 2 fully saturated rings. The van der Waals surface area contributed by atoms with Crippen LogP contribution in [0.4, 0.5) is 0 Å². The van der Waals surface area contributed by atoms with E-state index in [1.54, 1.807) is 0 Å². The highest BCUT2D eigenvalue weighted by Gasteiger charge is 2.36. The molecule has 1 aliphatic carbocycles. The Morgan fingerprint density at radius 2 is 2.00 bits per heavy atom. The van der Waals surface area contributed by atoms with Gasteiger partial charge in [0.25, 0.3) is 0 Å². The maximum absolute atomic E-state index is 3.48. The van der Waals surface area contributed by atoms with Crippen LogP contribution in [0.25, 0.3) is 0 Å². The topological polar surface area (TPSA) is 15.3 Å². The van der Waals surface area contributed by atoms with E-state index >= 15 is 0 Å². The summed E-state index contributed by atoms with van der Waals surface area (Å²) in [7, 11) is 4.39. The van der Waals surface area contributed by atoms with Gasteiger partial charge in [-0.05, 0) is 57.7 Å². The van der Waals surface area contributed by atoms with Crippen molar-refractivity contribution in [1.82, 2.24) is 10.2 Å². The van der Waals surface area contributed by atoms with Crippen molar-refractivity contribution in [3.63, 3.8) is 0 Å². The van der Waals surface area contributed by atoms with Gasteiger partial charge in [0.05, 0.1) is 0 Å². The van der Waals surface area contributed by atoms with Crippen molar-refractivity contribution in [3.8, 4) is 0 Å². The molecule has 82 valence electrons. The van der Waals surface area contributed by atoms with Gasteiger partial charge in [-0.25, -0.2) is 0 Å². The van der Waals surface area contributed by atoms with Crippen LogP contribution in [-0.2, 0) is 0 Å². The van der Waals surface area contributed by atoms with Crippen molar-refractivity contribution in [2.45, 2.75) is 32.2 Å². The summed E-state index contributed by atoms with van der Waals surface area (Å²) in [5, 5.41) is 3.48. The van der Waals surface area contributed by atoms with Crippen LogP contribution in [0.3, 0.4) is 0 Å². The molecule has 0 aromatic rings. The Bertz CT molecular complexity index is 193. The summed E-state index contributed by atoms with van der Waals surface area (Å²) in [5.41, 5.74) is 0. The zero-order chi connectivity index (χ0) is 10.1. The highest BCUT2D eigenvalue weighted by atomic mass is 15.1. The molecule has 14 heavy (non-hydrogen) atoms. The standard InChI is InChI=1S/C12H24N2/c1-9-6-11-8-14(3)5-4-10(11)7-12(9)13-2/h9-13H,4-8H2,1-3H3/t9?,10-,11?,12+/m0/s1. The predicted octanol–water partition coefficient (Wildman–Crippen LogP) is 1.57. The third-order valence-corrected chi connectivity index (χ3v) is 4.38. The smallest absolute Gasteiger partial charge is 0.00925 e. The molecule has 0 aromatic carbocycles. The number of piperidine rings is 1. The van der Waals surface area contributed by atoms with Gasteiger partial charge in [0.1, 0.15) is 0 Å². The van der Waals surface area contributed by atoms with Crippen molar-refractivity contribution < 1.29 is 0 Å². The zero-order valence-corrected chi connectivity index (χ0v) is 9.79. The molecule has 1 aliphatic heterocycles. The molecule has 1 saturated carbocycles. The third-order valence-electron chi connectivity index (χ3n) is 4.38. The van der Waals surface area contributed by atoms with Crippen molar-refractivity contribution in [3.05, 3.63) is 0 Å². The van der Waals surface area contributed by atoms with E-state index in [0.717, 1.165) is 23.8 Å². The van der Waals surface area contributed by atoms with E-state index in [1.807, 2.05) is 0 Å². The number of hydrogen-bond donors (Lipinski definition) is 1. The second-order valence-corrected chi connectivity index (χ2v) is 5.41. The van der Waals surface area contributed by atoms with Crippen molar-refractivity contribution >= 4 is 0 Å². The van der Waals surface area contributed by atoms with Crippen molar-refractivity contribution in [2.24, 2.45) is 17.8 Å². The maximum Gasteiger partial charge on any atom is 0.00925 e. The highest BCUT2D eigenvalue weighted by molar-refractivity contribution is 4.90. The molecule has 1 saturated heterocycles. The van der Waals surface area contributed by atoms with Crippen LogP contribution in [-0.4, -0.2) is 38.1 Å². The molecule has 2 heteroatoms. The van der Waals surface area contributed by atoms with Crippen molar-refractivity contribution in [1.29, 1.82) is 0 Å². The van der Waals surface area contributed by atoms with Gasteiger partial charge in [-0.15, -0.1) is 0 Å². The molecule has 0 spiro atoms. The summed E-state index contributed by atoms with van der Waals surface area (Å²) in [5.74, 6) is 2.85. The Hall–Kier alpha value is -0.0800. The summed E-state index contributed by atoms with van der Waals surface area (Å²) in [6, 6.07) is 0.777. The van der Waals surface area contributed by atoms with E-state index < -0.39 is 0 Å². The third kappa shape index (κ3) is 1.96. The molecule has 0 bridgehead atoms. The van der Waals surface area contributed by atoms with Crippen LogP contribution in [0.15, 0.2) is 0 Å². The Morgan fingerprint density at radius 1 is 1.21 bits per heavy atom. The lowest BCUT2D eigenvalue weighted by molar-refractivity contribution is 0.0652. The van der Waals surface area contributed by atoms with Crippen LogP contribution in [0.2, 0.25) is 0 Å². The lowest BCUT2D eigenvalue weighted by Crippen LogP contribution is -2.48. The summed E-state index contributed by atoms with van der Waals surface area (Å²) < 4.78 is 0. The summed E-state index contributed by atoms with van der Waals surface area (Å²) >= 11 is 0. The normalized spacial score (nSPS) is 44.8. The predicted molar refractivity (Wildman–Crippen MR) is 60.3 cm³/mol. The molecule has 4 atom stereocenters. The summed E-state index contributed by atoms with van der Waals surface area (Å²) in [6.45, 7) is 5.06. The molecule has 1 N–H and O–H groups in total. The quantitative estimate of drug-likeness (QED) is 0.685. The van der Waals surface area contributed by atoms with Gasteiger partial charge in [-0.3, -0.25) is 0 Å². The first-order valence-corrected chi connectivity index (χ1v) is 6.06. The molecule has 0 amide bonds. The van der Waals surface area contributed by atoms with E-state index in [9.17, 15) is 0 Å². The van der Waals surface area contributed by atoms with Gasteiger partial charge >= 0.3 is 0 Å². The van der Waals surface area contributed by atoms with E-state index in [-0.39, 0.29) is 0 Å². The number of likely N-dealkylation sites (tertiary alicyclic amines) is 1. The largest absolute Gasteiger partial charge is 0.317 e. The Morgan fingerprint density at radius 3 is 2.71 bits per heavy atom. The number of rotatable bonds is 1. The number of nitrogens with one attached hydrogen (secondary N) is 1. The fraction of sp³-hybridized carbons (Fsp3) is 1.00. The summed E-state index contributed by atoms with van der Waals surface area (Å²) in [4.78, 5) is 2.51. The van der Waals surface area contributed by atoms with Crippen molar-refractivity contribution in [2.75, 3.05) is 27.2 Å². The van der Waals surface area contributed by atoms with Gasteiger partial charge in [0.2, 0.25) is 0 Å². The SMILES string of the molecule is CN[C@@H]1C[C@@H]2CCN(C)CC2CC1C. The van der Waals surface area contributed by atoms with Crippen LogP contribution < -0.4 is 5.32 Å². The number of fused-ring (bicyclic) bond motifs is 1. The minimum absolute atomic E-state index is 0.777. The molecule has 0 radical (unpaired) electrons. The Balaban J connectivity index is 1.97. The fourth-order valence-corrected chi connectivity index (χ4v) is 3.44. The average Bonchev–Trinajstić information content (AvgIpc) is 2.16. The zero-order valence-electron chi connectivity index (χ0n) is 9.79. The van der Waals surface area contributed by atoms with Crippen LogP contribution in [0, 0.1) is 17.8 Å². The van der Waals surface area contributed by atoms with Crippen LogP contribution in [0.1, 0.15) is 26.2 Å². The Kier molecular flexibility index (Phi) is 3.13. The monoisotopic (exact) mass is 196 g/mol. The van der Waals surface area contributed by atoms with Gasteiger partial charge < -0.3 is 10.2 Å². The van der Waals surface area contributed by atoms with Gasteiger partial charge in [-0.2, -0.15) is 0 Å². The molecule has 2 aliphatic rings. The molecule has 1 heterocycles. The maximum atomic E-state index is 3.48. The van der Waals surface area contributed by atoms with Crippen LogP contribution in [0.5, 0.6) is 0 Å². The van der Waals surface area contributed by atoms with E-state index in [2.05, 4.69) is 31.2 Å². The number of hydrogen-bond acceptors (Lipinski definition) is 2. The minimum Gasteiger partial charge on any atom is -0.317 e. The van der Waals surface area contributed by atoms with Gasteiger partial charge in [-0.1, -0.05) is 6.92 Å². The second-order valence-electron chi connectivity index (χ2n) is 5.41. The van der Waals surface area contributed by atoms with Crippen LogP contribution >= 0.6 is 0 Å².